The summed E-state index contributed by atoms with van der Waals surface area (Å²) in [6.07, 6.45) is 9.65. The molecule has 3 amide bonds. The largest absolute Gasteiger partial charge is 0.461 e. The van der Waals surface area contributed by atoms with Crippen LogP contribution in [-0.4, -0.2) is 76.3 Å². The molecule has 3 fully saturated rings. The number of aromatic nitrogens is 2. The summed E-state index contributed by atoms with van der Waals surface area (Å²) in [7, 11) is 0. The van der Waals surface area contributed by atoms with Crippen LogP contribution in [0.4, 0.5) is 15.0 Å². The third kappa shape index (κ3) is 8.43. The number of hydrogen-bond acceptors (Lipinski definition) is 7. The van der Waals surface area contributed by atoms with Crippen LogP contribution in [-0.2, 0) is 19.1 Å². The summed E-state index contributed by atoms with van der Waals surface area (Å²) in [6.45, 7) is 7.12. The van der Waals surface area contributed by atoms with E-state index < -0.39 is 36.4 Å². The molecule has 3 aliphatic rings. The van der Waals surface area contributed by atoms with Gasteiger partial charge in [-0.2, -0.15) is 0 Å². The topological polar surface area (TPSA) is 143 Å². The first-order valence-electron chi connectivity index (χ1n) is 17.3. The maximum Gasteiger partial charge on any atom is 0.407 e. The number of nitrogens with zero attached hydrogens (tertiary/aromatic N) is 2. The third-order valence-corrected chi connectivity index (χ3v) is 10.1. The van der Waals surface area contributed by atoms with Crippen LogP contribution in [0, 0.1) is 23.7 Å². The van der Waals surface area contributed by atoms with E-state index in [2.05, 4.69) is 20.6 Å². The minimum atomic E-state index is -0.702. The van der Waals surface area contributed by atoms with Gasteiger partial charge in [0.2, 0.25) is 11.8 Å². The number of likely N-dealkylation sites (tertiary alicyclic amines) is 1. The predicted molar refractivity (Wildman–Crippen MR) is 175 cm³/mol. The number of hydrogen-bond donors (Lipinski definition) is 3. The Morgan fingerprint density at radius 1 is 1.04 bits per heavy atom. The molecule has 47 heavy (non-hydrogen) atoms. The van der Waals surface area contributed by atoms with E-state index in [9.17, 15) is 23.6 Å². The first-order chi connectivity index (χ1) is 22.5. The second-order valence-electron chi connectivity index (χ2n) is 14.4. The average Bonchev–Trinajstić information content (AvgIpc) is 3.68. The Bertz CT molecular complexity index is 1430. The molecule has 2 aromatic heterocycles. The van der Waals surface area contributed by atoms with Gasteiger partial charge in [0.15, 0.2) is 0 Å². The second-order valence-corrected chi connectivity index (χ2v) is 14.4. The molecule has 3 atom stereocenters. The highest BCUT2D eigenvalue weighted by atomic mass is 19.1. The lowest BCUT2D eigenvalue weighted by Crippen LogP contribution is -2.50. The van der Waals surface area contributed by atoms with Crippen molar-refractivity contribution < 1.29 is 33.0 Å². The highest BCUT2D eigenvalue weighted by Crippen LogP contribution is 2.41. The molecular formula is C35H50FN5O6. The van der Waals surface area contributed by atoms with Gasteiger partial charge >= 0.3 is 12.1 Å². The summed E-state index contributed by atoms with van der Waals surface area (Å²) in [5.74, 6) is -0.279. The van der Waals surface area contributed by atoms with Crippen LogP contribution >= 0.6 is 0 Å². The standard InChI is InChI=1S/C35H50FN5O6/c1-5-46-33(44)26-17-24-18-29(37-20-28(24)38-26)40-31(42)30-25(21-9-7-6-8-10-21)15-16-41(30)32(43)23-13-11-22(12-14-23)27(19-36)39-34(45)47-35(2,3)4/h17-18,20-23,25,27,30,38H,5-16,19H2,1-4H3,(H,39,45)(H,37,40,42)/t22?,23?,25-,27+,30-/m0/s1. The van der Waals surface area contributed by atoms with Crippen molar-refractivity contribution in [1.82, 2.24) is 20.2 Å². The zero-order valence-electron chi connectivity index (χ0n) is 28.1. The van der Waals surface area contributed by atoms with E-state index in [1.54, 1.807) is 50.9 Å². The van der Waals surface area contributed by atoms with Gasteiger partial charge in [0.05, 0.1) is 24.4 Å². The van der Waals surface area contributed by atoms with E-state index in [0.29, 0.717) is 60.6 Å². The molecule has 11 nitrogen and oxygen atoms in total. The second kappa shape index (κ2) is 15.0. The Hall–Kier alpha value is -3.70. The number of esters is 1. The van der Waals surface area contributed by atoms with Gasteiger partial charge < -0.3 is 30.0 Å². The average molecular weight is 656 g/mol. The lowest BCUT2D eigenvalue weighted by atomic mass is 9.76. The third-order valence-electron chi connectivity index (χ3n) is 10.1. The van der Waals surface area contributed by atoms with E-state index >= 15 is 0 Å². The van der Waals surface area contributed by atoms with Crippen LogP contribution in [0.2, 0.25) is 0 Å². The number of carbonyl (C=O) groups excluding carboxylic acids is 4. The summed E-state index contributed by atoms with van der Waals surface area (Å²) in [5, 5.41) is 6.39. The van der Waals surface area contributed by atoms with Crippen LogP contribution in [0.1, 0.15) is 102 Å². The fourth-order valence-corrected chi connectivity index (χ4v) is 7.82. The molecule has 2 aliphatic carbocycles. The van der Waals surface area contributed by atoms with Gasteiger partial charge in [0.1, 0.15) is 29.8 Å². The van der Waals surface area contributed by atoms with Crippen LogP contribution in [0.3, 0.4) is 0 Å². The molecular weight excluding hydrogens is 605 g/mol. The fraction of sp³-hybridized carbons (Fsp3) is 0.686. The Morgan fingerprint density at radius 3 is 2.43 bits per heavy atom. The number of fused-ring (bicyclic) bond motifs is 1. The monoisotopic (exact) mass is 655 g/mol. The van der Waals surface area contributed by atoms with Gasteiger partial charge in [0.25, 0.3) is 0 Å². The van der Waals surface area contributed by atoms with E-state index in [0.717, 1.165) is 32.1 Å². The van der Waals surface area contributed by atoms with Gasteiger partial charge in [0, 0.05) is 17.8 Å². The molecule has 258 valence electrons. The van der Waals surface area contributed by atoms with Gasteiger partial charge in [-0.1, -0.05) is 32.1 Å². The maximum absolute atomic E-state index is 14.1. The van der Waals surface area contributed by atoms with Crippen molar-refractivity contribution in [3.05, 3.63) is 24.0 Å². The lowest BCUT2D eigenvalue weighted by molar-refractivity contribution is -0.142. The lowest BCUT2D eigenvalue weighted by Gasteiger charge is -2.37. The van der Waals surface area contributed by atoms with Crippen molar-refractivity contribution in [2.45, 2.75) is 110 Å². The van der Waals surface area contributed by atoms with Gasteiger partial charge in [-0.05, 0) is 89.7 Å². The molecule has 12 heteroatoms. The summed E-state index contributed by atoms with van der Waals surface area (Å²) >= 11 is 0. The van der Waals surface area contributed by atoms with Crippen molar-refractivity contribution in [3.63, 3.8) is 0 Å². The maximum atomic E-state index is 14.1. The molecule has 0 bridgehead atoms. The summed E-state index contributed by atoms with van der Waals surface area (Å²) < 4.78 is 24.4. The summed E-state index contributed by atoms with van der Waals surface area (Å²) in [4.78, 5) is 61.9. The summed E-state index contributed by atoms with van der Waals surface area (Å²) in [6, 6.07) is 2.12. The highest BCUT2D eigenvalue weighted by Gasteiger charge is 2.47. The van der Waals surface area contributed by atoms with Crippen molar-refractivity contribution in [2.75, 3.05) is 25.1 Å². The van der Waals surface area contributed by atoms with Gasteiger partial charge in [-0.25, -0.2) is 19.0 Å². The Kier molecular flexibility index (Phi) is 11.1. The zero-order valence-corrected chi connectivity index (χ0v) is 28.1. The van der Waals surface area contributed by atoms with Crippen molar-refractivity contribution in [2.24, 2.45) is 23.7 Å². The molecule has 2 aromatic rings. The normalized spacial score (nSPS) is 24.5. The number of anilines is 1. The molecule has 0 radical (unpaired) electrons. The van der Waals surface area contributed by atoms with E-state index in [1.165, 1.54) is 6.42 Å². The number of nitrogens with one attached hydrogen (secondary N) is 3. The predicted octanol–water partition coefficient (Wildman–Crippen LogP) is 6.14. The first kappa shape index (κ1) is 34.6. The number of halogens is 1. The van der Waals surface area contributed by atoms with Crippen LogP contribution < -0.4 is 10.6 Å². The van der Waals surface area contributed by atoms with Crippen molar-refractivity contribution in [1.29, 1.82) is 0 Å². The highest BCUT2D eigenvalue weighted by molar-refractivity contribution is 6.00. The summed E-state index contributed by atoms with van der Waals surface area (Å²) in [5.41, 5.74) is 0.280. The number of alkyl halides is 1. The Morgan fingerprint density at radius 2 is 1.77 bits per heavy atom. The molecule has 3 N–H and O–H groups in total. The molecule has 3 heterocycles. The molecule has 0 aromatic carbocycles. The minimum absolute atomic E-state index is 0.0214. The number of carbonyl (C=O) groups is 4. The van der Waals surface area contributed by atoms with E-state index in [-0.39, 0.29) is 36.2 Å². The smallest absolute Gasteiger partial charge is 0.407 e. The quantitative estimate of drug-likeness (QED) is 0.275. The minimum Gasteiger partial charge on any atom is -0.461 e. The number of amides is 3. The number of aromatic amines is 1. The molecule has 0 spiro atoms. The number of H-pyrrole nitrogens is 1. The number of alkyl carbamates (subject to hydrolysis) is 1. The molecule has 5 rings (SSSR count). The zero-order chi connectivity index (χ0) is 33.7. The molecule has 1 saturated heterocycles. The van der Waals surface area contributed by atoms with Crippen LogP contribution in [0.5, 0.6) is 0 Å². The molecule has 2 saturated carbocycles. The Balaban J connectivity index is 1.27. The molecule has 1 aliphatic heterocycles. The SMILES string of the molecule is CCOC(=O)c1cc2cc(NC(=O)[C@@H]3[C@H](C4CCCCC4)CCN3C(=O)C3CCC([C@@H](CF)NC(=O)OC(C)(C)C)CC3)ncc2[nH]1. The number of ether oxygens (including phenoxy) is 2. The Labute approximate surface area is 276 Å². The van der Waals surface area contributed by atoms with E-state index in [1.807, 2.05) is 0 Å². The number of rotatable bonds is 9. The van der Waals surface area contributed by atoms with Crippen LogP contribution in [0.15, 0.2) is 18.3 Å². The molecule has 0 unspecified atom stereocenters. The van der Waals surface area contributed by atoms with E-state index in [4.69, 9.17) is 9.47 Å². The van der Waals surface area contributed by atoms with Gasteiger partial charge in [-0.3, -0.25) is 9.59 Å². The first-order valence-corrected chi connectivity index (χ1v) is 17.3. The number of pyridine rings is 1. The van der Waals surface area contributed by atoms with Crippen molar-refractivity contribution in [3.8, 4) is 0 Å². The van der Waals surface area contributed by atoms with Gasteiger partial charge in [-0.15, -0.1) is 0 Å². The van der Waals surface area contributed by atoms with Crippen molar-refractivity contribution >= 4 is 40.6 Å². The fourth-order valence-electron chi connectivity index (χ4n) is 7.82. The van der Waals surface area contributed by atoms with Crippen LogP contribution in [0.25, 0.3) is 10.9 Å².